The Balaban J connectivity index is 1.98. The van der Waals surface area contributed by atoms with Gasteiger partial charge in [-0.05, 0) is 36.4 Å². The van der Waals surface area contributed by atoms with E-state index < -0.39 is 29.6 Å². The molecule has 1 saturated heterocycles. The first-order valence-electron chi connectivity index (χ1n) is 8.04. The van der Waals surface area contributed by atoms with E-state index in [1.165, 1.54) is 24.3 Å². The molecule has 0 atom stereocenters. The van der Waals surface area contributed by atoms with E-state index in [1.807, 2.05) is 0 Å². The topological polar surface area (TPSA) is 119 Å². The van der Waals surface area contributed by atoms with Gasteiger partial charge >= 0.3 is 6.03 Å². The van der Waals surface area contributed by atoms with Gasteiger partial charge in [-0.25, -0.2) is 14.1 Å². The molecule has 3 rings (SSSR count). The predicted molar refractivity (Wildman–Crippen MR) is 96.5 cm³/mol. The zero-order chi connectivity index (χ0) is 20.3. The van der Waals surface area contributed by atoms with Gasteiger partial charge in [0.15, 0.2) is 6.61 Å². The van der Waals surface area contributed by atoms with Gasteiger partial charge in [0.1, 0.15) is 17.1 Å². The summed E-state index contributed by atoms with van der Waals surface area (Å²) in [5.41, 5.74) is 5.15. The summed E-state index contributed by atoms with van der Waals surface area (Å²) in [6.07, 6.45) is 1.23. The fraction of sp³-hybridized carbons (Fsp3) is 0.0526. The minimum atomic E-state index is -0.947. The number of carbonyl (C=O) groups is 4. The average molecular weight is 383 g/mol. The molecule has 3 N–H and O–H groups in total. The molecule has 0 radical (unpaired) electrons. The first-order chi connectivity index (χ1) is 13.4. The Morgan fingerprint density at radius 3 is 2.46 bits per heavy atom. The van der Waals surface area contributed by atoms with E-state index in [4.69, 9.17) is 10.5 Å². The van der Waals surface area contributed by atoms with Crippen LogP contribution in [0.15, 0.2) is 54.1 Å². The first-order valence-corrected chi connectivity index (χ1v) is 8.04. The van der Waals surface area contributed by atoms with E-state index in [-0.39, 0.29) is 23.6 Å². The van der Waals surface area contributed by atoms with Gasteiger partial charge in [0, 0.05) is 5.56 Å². The number of barbiturate groups is 1. The molecular formula is C19H14FN3O5. The van der Waals surface area contributed by atoms with Crippen molar-refractivity contribution in [1.29, 1.82) is 0 Å². The van der Waals surface area contributed by atoms with Crippen molar-refractivity contribution in [2.75, 3.05) is 11.5 Å². The van der Waals surface area contributed by atoms with E-state index in [2.05, 4.69) is 5.32 Å². The Bertz CT molecular complexity index is 1000. The minimum Gasteiger partial charge on any atom is -0.483 e. The maximum atomic E-state index is 13.1. The van der Waals surface area contributed by atoms with Crippen LogP contribution in [0, 0.1) is 5.82 Å². The summed E-state index contributed by atoms with van der Waals surface area (Å²) in [5.74, 6) is -2.79. The maximum Gasteiger partial charge on any atom is 0.335 e. The number of imide groups is 2. The summed E-state index contributed by atoms with van der Waals surface area (Å²) in [6, 6.07) is 10.1. The number of carbonyl (C=O) groups excluding carboxylic acids is 4. The van der Waals surface area contributed by atoms with Crippen LogP contribution in [0.2, 0.25) is 0 Å². The highest BCUT2D eigenvalue weighted by atomic mass is 19.1. The second-order valence-electron chi connectivity index (χ2n) is 5.73. The minimum absolute atomic E-state index is 0.0977. The van der Waals surface area contributed by atoms with Gasteiger partial charge in [0.05, 0.1) is 5.69 Å². The zero-order valence-corrected chi connectivity index (χ0v) is 14.3. The molecule has 2 aromatic rings. The van der Waals surface area contributed by atoms with Crippen molar-refractivity contribution in [3.8, 4) is 5.75 Å². The summed E-state index contributed by atoms with van der Waals surface area (Å²) in [6.45, 7) is -0.388. The number of hydrogen-bond donors (Lipinski definition) is 2. The number of nitrogens with one attached hydrogen (secondary N) is 1. The third-order valence-corrected chi connectivity index (χ3v) is 3.78. The van der Waals surface area contributed by atoms with Crippen molar-refractivity contribution < 1.29 is 28.3 Å². The van der Waals surface area contributed by atoms with Gasteiger partial charge in [-0.2, -0.15) is 0 Å². The molecule has 0 spiro atoms. The van der Waals surface area contributed by atoms with Crippen LogP contribution in [0.1, 0.15) is 5.56 Å². The number of urea groups is 1. The van der Waals surface area contributed by atoms with Crippen LogP contribution in [0.25, 0.3) is 6.08 Å². The quantitative estimate of drug-likeness (QED) is 0.597. The second-order valence-corrected chi connectivity index (χ2v) is 5.73. The van der Waals surface area contributed by atoms with Crippen molar-refractivity contribution in [3.63, 3.8) is 0 Å². The molecule has 5 amide bonds. The zero-order valence-electron chi connectivity index (χ0n) is 14.3. The van der Waals surface area contributed by atoms with Gasteiger partial charge in [-0.3, -0.25) is 19.7 Å². The van der Waals surface area contributed by atoms with Crippen molar-refractivity contribution in [3.05, 3.63) is 65.5 Å². The van der Waals surface area contributed by atoms with Gasteiger partial charge in [0.25, 0.3) is 17.7 Å². The number of ether oxygens (including phenoxy) is 1. The Hall–Kier alpha value is -4.01. The highest BCUT2D eigenvalue weighted by molar-refractivity contribution is 6.39. The van der Waals surface area contributed by atoms with Crippen molar-refractivity contribution in [2.24, 2.45) is 5.73 Å². The largest absolute Gasteiger partial charge is 0.483 e. The lowest BCUT2D eigenvalue weighted by molar-refractivity contribution is -0.123. The molecular weight excluding hydrogens is 369 g/mol. The normalized spacial score (nSPS) is 15.5. The third-order valence-electron chi connectivity index (χ3n) is 3.78. The number of benzene rings is 2. The van der Waals surface area contributed by atoms with Gasteiger partial charge in [-0.1, -0.05) is 18.2 Å². The van der Waals surface area contributed by atoms with E-state index in [1.54, 1.807) is 18.2 Å². The SMILES string of the molecule is NC(=O)COc1ccccc1/C=C1\C(=O)NC(=O)N(c2ccc(F)cc2)C1=O. The molecule has 9 heteroatoms. The number of nitrogens with two attached hydrogens (primary N) is 1. The number of nitrogens with zero attached hydrogens (tertiary/aromatic N) is 1. The number of para-hydroxylation sites is 1. The fourth-order valence-corrected chi connectivity index (χ4v) is 2.52. The summed E-state index contributed by atoms with van der Waals surface area (Å²) in [7, 11) is 0. The molecule has 8 nitrogen and oxygen atoms in total. The number of hydrogen-bond acceptors (Lipinski definition) is 5. The standard InChI is InChI=1S/C19H14FN3O5/c20-12-5-7-13(8-6-12)23-18(26)14(17(25)22-19(23)27)9-11-3-1-2-4-15(11)28-10-16(21)24/h1-9H,10H2,(H2,21,24)(H,22,25,27)/b14-9+. The van der Waals surface area contributed by atoms with Crippen LogP contribution in [0.4, 0.5) is 14.9 Å². The molecule has 142 valence electrons. The second kappa shape index (κ2) is 7.70. The lowest BCUT2D eigenvalue weighted by Gasteiger charge is -2.26. The van der Waals surface area contributed by atoms with Crippen molar-refractivity contribution in [1.82, 2.24) is 5.32 Å². The van der Waals surface area contributed by atoms with Crippen LogP contribution >= 0.6 is 0 Å². The summed E-state index contributed by atoms with van der Waals surface area (Å²) < 4.78 is 18.4. The van der Waals surface area contributed by atoms with Gasteiger partial charge in [0.2, 0.25) is 0 Å². The summed E-state index contributed by atoms with van der Waals surface area (Å²) in [4.78, 5) is 48.8. The highest BCUT2D eigenvalue weighted by Crippen LogP contribution is 2.25. The molecule has 28 heavy (non-hydrogen) atoms. The smallest absolute Gasteiger partial charge is 0.335 e. The number of primary amides is 1. The number of rotatable bonds is 5. The van der Waals surface area contributed by atoms with Crippen LogP contribution in [-0.2, 0) is 14.4 Å². The maximum absolute atomic E-state index is 13.1. The van der Waals surface area contributed by atoms with Crippen LogP contribution < -0.4 is 20.7 Å². The third kappa shape index (κ3) is 3.88. The van der Waals surface area contributed by atoms with Crippen LogP contribution in [0.5, 0.6) is 5.75 Å². The molecule has 0 saturated carbocycles. The number of anilines is 1. The van der Waals surface area contributed by atoms with Crippen LogP contribution in [-0.4, -0.2) is 30.4 Å². The lowest BCUT2D eigenvalue weighted by Crippen LogP contribution is -2.54. The van der Waals surface area contributed by atoms with E-state index in [9.17, 15) is 23.6 Å². The molecule has 0 aromatic heterocycles. The molecule has 1 fully saturated rings. The Labute approximate surface area is 158 Å². The molecule has 1 heterocycles. The fourth-order valence-electron chi connectivity index (χ4n) is 2.52. The number of amides is 5. The average Bonchev–Trinajstić information content (AvgIpc) is 2.65. The van der Waals surface area contributed by atoms with E-state index >= 15 is 0 Å². The predicted octanol–water partition coefficient (Wildman–Crippen LogP) is 1.36. The van der Waals surface area contributed by atoms with Gasteiger partial charge < -0.3 is 10.5 Å². The monoisotopic (exact) mass is 383 g/mol. The van der Waals surface area contributed by atoms with Gasteiger partial charge in [-0.15, -0.1) is 0 Å². The highest BCUT2D eigenvalue weighted by Gasteiger charge is 2.36. The Morgan fingerprint density at radius 1 is 1.11 bits per heavy atom. The van der Waals surface area contributed by atoms with Crippen molar-refractivity contribution >= 4 is 35.5 Å². The molecule has 1 aliphatic heterocycles. The Kier molecular flexibility index (Phi) is 5.16. The van der Waals surface area contributed by atoms with Crippen LogP contribution in [0.3, 0.4) is 0 Å². The Morgan fingerprint density at radius 2 is 1.79 bits per heavy atom. The summed E-state index contributed by atoms with van der Waals surface area (Å²) in [5, 5.41) is 2.06. The van der Waals surface area contributed by atoms with E-state index in [0.29, 0.717) is 5.56 Å². The summed E-state index contributed by atoms with van der Waals surface area (Å²) >= 11 is 0. The molecule has 2 aromatic carbocycles. The number of halogens is 1. The first kappa shape index (κ1) is 18.8. The molecule has 1 aliphatic rings. The molecule has 0 bridgehead atoms. The van der Waals surface area contributed by atoms with E-state index in [0.717, 1.165) is 17.0 Å². The van der Waals surface area contributed by atoms with Crippen molar-refractivity contribution in [2.45, 2.75) is 0 Å². The molecule has 0 aliphatic carbocycles. The lowest BCUT2D eigenvalue weighted by atomic mass is 10.1. The molecule has 0 unspecified atom stereocenters.